The van der Waals surface area contributed by atoms with Crippen molar-refractivity contribution in [1.29, 1.82) is 0 Å². The van der Waals surface area contributed by atoms with Crippen molar-refractivity contribution < 1.29 is 63.8 Å². The number of alkyl halides is 9. The molecule has 2 saturated heterocycles. The molecule has 6 unspecified atom stereocenters. The summed E-state index contributed by atoms with van der Waals surface area (Å²) in [6.07, 6.45) is -14.1. The van der Waals surface area contributed by atoms with Crippen molar-refractivity contribution in [2.45, 2.75) is 42.7 Å². The summed E-state index contributed by atoms with van der Waals surface area (Å²) in [7, 11) is 0. The van der Waals surface area contributed by atoms with Crippen molar-refractivity contribution >= 4 is 58.3 Å². The van der Waals surface area contributed by atoms with Gasteiger partial charge in [0.1, 0.15) is 5.75 Å². The number of amides is 4. The number of carbonyl (C=O) groups excluding carboxylic acids is 4. The highest BCUT2D eigenvalue weighted by molar-refractivity contribution is 6.33. The highest BCUT2D eigenvalue weighted by Crippen LogP contribution is 2.64. The molecular formula is C40H25Cl2F9N4O5. The highest BCUT2D eigenvalue weighted by Gasteiger charge is 2.70. The number of allylic oxidation sites excluding steroid dienone is 2. The predicted octanol–water partition coefficient (Wildman–Crippen LogP) is 9.34. The lowest BCUT2D eigenvalue weighted by molar-refractivity contribution is -0.143. The van der Waals surface area contributed by atoms with E-state index in [1.807, 2.05) is 0 Å². The van der Waals surface area contributed by atoms with Crippen molar-refractivity contribution in [2.75, 3.05) is 10.3 Å². The molecule has 4 aromatic rings. The second-order valence-electron chi connectivity index (χ2n) is 14.8. The zero-order valence-corrected chi connectivity index (χ0v) is 31.5. The second-order valence-corrected chi connectivity index (χ2v) is 15.6. The van der Waals surface area contributed by atoms with Crippen molar-refractivity contribution in [3.05, 3.63) is 129 Å². The number of halogens is 11. The van der Waals surface area contributed by atoms with Crippen molar-refractivity contribution in [2.24, 2.45) is 23.7 Å². The lowest BCUT2D eigenvalue weighted by Crippen LogP contribution is -2.53. The number of nitrogens with zero attached hydrogens (tertiary/aromatic N) is 3. The van der Waals surface area contributed by atoms with Gasteiger partial charge in [-0.05, 0) is 78.4 Å². The Morgan fingerprint density at radius 3 is 1.90 bits per heavy atom. The average molecular weight is 884 g/mol. The van der Waals surface area contributed by atoms with Crippen LogP contribution in [0.2, 0.25) is 10.0 Å². The van der Waals surface area contributed by atoms with Crippen LogP contribution in [0, 0.1) is 23.7 Å². The van der Waals surface area contributed by atoms with Crippen molar-refractivity contribution in [1.82, 2.24) is 9.99 Å². The number of aromatic hydroxyl groups is 1. The number of pyridine rings is 1. The minimum atomic E-state index is -5.30. The lowest BCUT2D eigenvalue weighted by Gasteiger charge is -2.50. The topological polar surface area (TPSA) is 120 Å². The third-order valence-corrected chi connectivity index (χ3v) is 12.2. The van der Waals surface area contributed by atoms with Crippen molar-refractivity contribution in [3.8, 4) is 5.75 Å². The first-order valence-corrected chi connectivity index (χ1v) is 18.6. The summed E-state index contributed by atoms with van der Waals surface area (Å²) < 4.78 is 124. The minimum absolute atomic E-state index is 0.142. The molecule has 8 rings (SSSR count). The largest absolute Gasteiger partial charge is 0.508 e. The number of hydrogen-bond donors (Lipinski definition) is 2. The number of imide groups is 2. The molecule has 60 heavy (non-hydrogen) atoms. The van der Waals surface area contributed by atoms with Crippen LogP contribution in [0.5, 0.6) is 5.75 Å². The maximum Gasteiger partial charge on any atom is 0.417 e. The maximum atomic E-state index is 15.2. The Morgan fingerprint density at radius 2 is 1.33 bits per heavy atom. The van der Waals surface area contributed by atoms with Crippen LogP contribution in [0.4, 0.5) is 51.0 Å². The number of nitrogens with one attached hydrogen (secondary N) is 1. The van der Waals surface area contributed by atoms with E-state index in [9.17, 15) is 59.0 Å². The van der Waals surface area contributed by atoms with E-state index < -0.39 is 110 Å². The number of fused-ring (bicyclic) bond motifs is 4. The highest BCUT2D eigenvalue weighted by atomic mass is 35.5. The fourth-order valence-corrected chi connectivity index (χ4v) is 9.48. The molecule has 3 fully saturated rings. The molecular weight excluding hydrogens is 858 g/mol. The van der Waals surface area contributed by atoms with Crippen LogP contribution < -0.4 is 10.3 Å². The van der Waals surface area contributed by atoms with E-state index in [2.05, 4.69) is 10.4 Å². The Hall–Kier alpha value is -5.62. The molecule has 0 bridgehead atoms. The van der Waals surface area contributed by atoms with Crippen LogP contribution >= 0.6 is 23.2 Å². The molecule has 3 heterocycles. The summed E-state index contributed by atoms with van der Waals surface area (Å²) in [6.45, 7) is 0. The third-order valence-electron chi connectivity index (χ3n) is 11.6. The predicted molar refractivity (Wildman–Crippen MR) is 194 cm³/mol. The van der Waals surface area contributed by atoms with Crippen LogP contribution in [-0.4, -0.2) is 38.7 Å². The number of phenolic OH excluding ortho intramolecular Hbond substituents is 1. The summed E-state index contributed by atoms with van der Waals surface area (Å²) >= 11 is 12.4. The molecule has 312 valence electrons. The number of hydrazine groups is 1. The molecule has 4 aliphatic rings. The molecule has 20 heteroatoms. The third kappa shape index (κ3) is 6.45. The monoisotopic (exact) mass is 882 g/mol. The fourth-order valence-electron chi connectivity index (χ4n) is 9.15. The van der Waals surface area contributed by atoms with E-state index in [-0.39, 0.29) is 47.4 Å². The molecule has 3 aromatic carbocycles. The van der Waals surface area contributed by atoms with E-state index in [1.54, 1.807) is 6.08 Å². The molecule has 2 aliphatic heterocycles. The second kappa shape index (κ2) is 14.0. The maximum absolute atomic E-state index is 15.2. The molecule has 2 aliphatic carbocycles. The Labute approximate surface area is 342 Å². The van der Waals surface area contributed by atoms with Crippen molar-refractivity contribution in [3.63, 3.8) is 0 Å². The van der Waals surface area contributed by atoms with Crippen LogP contribution in [0.15, 0.2) is 90.6 Å². The normalized spacial score (nSPS) is 25.6. The quantitative estimate of drug-likeness (QED) is 0.117. The van der Waals surface area contributed by atoms with Gasteiger partial charge in [-0.25, -0.2) is 9.88 Å². The molecule has 6 atom stereocenters. The minimum Gasteiger partial charge on any atom is -0.508 e. The first-order valence-electron chi connectivity index (χ1n) is 17.8. The SMILES string of the molecule is O=C1C2CC3C(=CCC4C(=O)N(c5cc(C(F)(F)F)cc(C(F)(F)F)c5)C(=O)C43)C(c3ccc(O)cc3)C2(c2ccc(Cl)cc2)C(=O)N1Nc1ncc(C(F)(F)F)cc1Cl. The van der Waals surface area contributed by atoms with E-state index in [4.69, 9.17) is 23.2 Å². The number of hydrogen-bond acceptors (Lipinski definition) is 7. The van der Waals surface area contributed by atoms with Gasteiger partial charge in [0.25, 0.3) is 11.8 Å². The Balaban J connectivity index is 1.29. The van der Waals surface area contributed by atoms with E-state index >= 15 is 4.79 Å². The molecule has 2 N–H and O–H groups in total. The number of phenols is 1. The summed E-state index contributed by atoms with van der Waals surface area (Å²) in [5.41, 5.74) is -4.36. The molecule has 9 nitrogen and oxygen atoms in total. The Bertz CT molecular complexity index is 2480. The van der Waals surface area contributed by atoms with E-state index in [1.165, 1.54) is 48.5 Å². The molecule has 1 saturated carbocycles. The fraction of sp³-hybridized carbons (Fsp3) is 0.275. The average Bonchev–Trinajstić information content (AvgIpc) is 3.55. The van der Waals surface area contributed by atoms with Gasteiger partial charge in [0.05, 0.1) is 50.6 Å². The number of rotatable bonds is 5. The van der Waals surface area contributed by atoms with Gasteiger partial charge in [-0.3, -0.25) is 24.6 Å². The molecule has 4 amide bonds. The number of anilines is 2. The van der Waals surface area contributed by atoms with E-state index in [0.29, 0.717) is 33.3 Å². The van der Waals surface area contributed by atoms with Crippen LogP contribution in [0.1, 0.15) is 46.6 Å². The zero-order valence-electron chi connectivity index (χ0n) is 30.0. The molecule has 0 radical (unpaired) electrons. The van der Waals surface area contributed by atoms with E-state index in [0.717, 1.165) is 0 Å². The Morgan fingerprint density at radius 1 is 0.733 bits per heavy atom. The summed E-state index contributed by atoms with van der Waals surface area (Å²) in [6, 6.07) is 12.2. The van der Waals surface area contributed by atoms with Gasteiger partial charge in [-0.1, -0.05) is 59.1 Å². The zero-order chi connectivity index (χ0) is 43.4. The Kier molecular flexibility index (Phi) is 9.58. The lowest BCUT2D eigenvalue weighted by atomic mass is 9.49. The standard InChI is InChI=1S/C40H25Cl2F9N4O5/c41-22-5-3-18(4-6-22)37-28(34(58)55(36(37)60)53-32-29(42)14-21(16-52-32)40(49,50)51)15-27-25(31(37)17-1-7-24(56)8-2-17)9-10-26-30(27)35(59)54(33(26)57)23-12-19(38(43,44)45)11-20(13-23)39(46,47)48/h1-9,11-14,16,26-28,30-31,56H,10,15H2,(H,52,53). The van der Waals surface area contributed by atoms with Gasteiger partial charge in [0, 0.05) is 17.1 Å². The van der Waals surface area contributed by atoms with Gasteiger partial charge >= 0.3 is 18.5 Å². The molecule has 0 spiro atoms. The first-order chi connectivity index (χ1) is 28.0. The number of aromatic nitrogens is 1. The summed E-state index contributed by atoms with van der Waals surface area (Å²) in [4.78, 5) is 62.4. The van der Waals surface area contributed by atoms with Crippen LogP contribution in [-0.2, 0) is 43.1 Å². The smallest absolute Gasteiger partial charge is 0.417 e. The van der Waals surface area contributed by atoms with Gasteiger partial charge in [-0.15, -0.1) is 0 Å². The van der Waals surface area contributed by atoms with Crippen LogP contribution in [0.25, 0.3) is 0 Å². The van der Waals surface area contributed by atoms with Gasteiger partial charge in [0.15, 0.2) is 5.82 Å². The molecule has 1 aromatic heterocycles. The van der Waals surface area contributed by atoms with Gasteiger partial charge < -0.3 is 5.11 Å². The number of benzene rings is 3. The summed E-state index contributed by atoms with van der Waals surface area (Å²) in [5, 5.41) is 10.4. The van der Waals surface area contributed by atoms with Crippen LogP contribution in [0.3, 0.4) is 0 Å². The first kappa shape index (κ1) is 41.1. The van der Waals surface area contributed by atoms with Gasteiger partial charge in [-0.2, -0.15) is 44.5 Å². The number of carbonyl (C=O) groups is 4. The summed E-state index contributed by atoms with van der Waals surface area (Å²) in [5.74, 6) is -11.4. The van der Waals surface area contributed by atoms with Gasteiger partial charge in [0.2, 0.25) is 11.8 Å².